The van der Waals surface area contributed by atoms with Crippen molar-refractivity contribution < 1.29 is 19.0 Å². The van der Waals surface area contributed by atoms with Gasteiger partial charge in [0.05, 0.1) is 11.6 Å². The fourth-order valence-electron chi connectivity index (χ4n) is 3.41. The molecule has 138 valence electrons. The van der Waals surface area contributed by atoms with Crippen LogP contribution in [0.2, 0.25) is 0 Å². The van der Waals surface area contributed by atoms with Crippen molar-refractivity contribution in [2.45, 2.75) is 32.7 Å². The van der Waals surface area contributed by atoms with Crippen molar-refractivity contribution in [2.75, 3.05) is 34.0 Å². The van der Waals surface area contributed by atoms with Gasteiger partial charge >= 0.3 is 0 Å². The quantitative estimate of drug-likeness (QED) is 0.805. The number of nitrogens with zero attached hydrogens (tertiary/aromatic N) is 1. The van der Waals surface area contributed by atoms with Gasteiger partial charge in [0.2, 0.25) is 18.4 Å². The van der Waals surface area contributed by atoms with Gasteiger partial charge in [-0.1, -0.05) is 13.8 Å². The number of halogens is 1. The average molecular weight is 413 g/mol. The van der Waals surface area contributed by atoms with Crippen LogP contribution in [-0.4, -0.2) is 44.8 Å². The van der Waals surface area contributed by atoms with E-state index in [4.69, 9.17) is 14.2 Å². The molecule has 6 nitrogen and oxygen atoms in total. The van der Waals surface area contributed by atoms with Crippen molar-refractivity contribution in [3.05, 3.63) is 15.6 Å². The maximum absolute atomic E-state index is 12.4. The highest BCUT2D eigenvalue weighted by molar-refractivity contribution is 9.10. The number of likely N-dealkylation sites (N-methyl/N-ethyl adjacent to an activating group) is 1. The molecule has 7 heteroatoms. The number of hydrogen-bond acceptors (Lipinski definition) is 5. The normalized spacial score (nSPS) is 19.0. The first-order chi connectivity index (χ1) is 11.9. The minimum atomic E-state index is -0.0586. The van der Waals surface area contributed by atoms with Crippen molar-refractivity contribution in [1.29, 1.82) is 0 Å². The number of ether oxygens (including phenoxy) is 3. The van der Waals surface area contributed by atoms with Crippen LogP contribution in [-0.2, 0) is 11.2 Å². The maximum Gasteiger partial charge on any atom is 0.231 e. The second-order valence-electron chi connectivity index (χ2n) is 6.95. The van der Waals surface area contributed by atoms with Crippen LogP contribution < -0.4 is 19.5 Å². The number of fused-ring (bicyclic) bond motifs is 2. The van der Waals surface area contributed by atoms with Gasteiger partial charge in [0, 0.05) is 31.1 Å². The Labute approximate surface area is 156 Å². The van der Waals surface area contributed by atoms with Gasteiger partial charge in [-0.2, -0.15) is 0 Å². The van der Waals surface area contributed by atoms with Crippen molar-refractivity contribution in [3.8, 4) is 17.2 Å². The van der Waals surface area contributed by atoms with Crippen LogP contribution in [0.25, 0.3) is 0 Å². The Morgan fingerprint density at radius 1 is 1.40 bits per heavy atom. The summed E-state index contributed by atoms with van der Waals surface area (Å²) in [5.41, 5.74) is 2.16. The molecule has 1 unspecified atom stereocenters. The molecule has 0 fully saturated rings. The second kappa shape index (κ2) is 7.41. The van der Waals surface area contributed by atoms with E-state index >= 15 is 0 Å². The minimum absolute atomic E-state index is 0.0502. The van der Waals surface area contributed by atoms with Crippen LogP contribution in [0.5, 0.6) is 17.2 Å². The number of benzene rings is 1. The molecule has 2 heterocycles. The summed E-state index contributed by atoms with van der Waals surface area (Å²) in [5.74, 6) is 2.48. The van der Waals surface area contributed by atoms with Gasteiger partial charge in [0.25, 0.3) is 0 Å². The summed E-state index contributed by atoms with van der Waals surface area (Å²) in [6.07, 6.45) is 1.25. The van der Waals surface area contributed by atoms with E-state index < -0.39 is 0 Å². The van der Waals surface area contributed by atoms with Crippen molar-refractivity contribution in [3.63, 3.8) is 0 Å². The van der Waals surface area contributed by atoms with Gasteiger partial charge in [-0.15, -0.1) is 0 Å². The molecule has 0 spiro atoms. The van der Waals surface area contributed by atoms with Crippen LogP contribution in [0.1, 0.15) is 37.4 Å². The Morgan fingerprint density at radius 2 is 2.12 bits per heavy atom. The fourth-order valence-corrected chi connectivity index (χ4v) is 4.12. The number of carbonyl (C=O) groups excluding carboxylic acids is 1. The summed E-state index contributed by atoms with van der Waals surface area (Å²) in [6, 6.07) is -0.0586. The zero-order valence-corrected chi connectivity index (χ0v) is 16.7. The first kappa shape index (κ1) is 18.3. The molecule has 1 aromatic carbocycles. The summed E-state index contributed by atoms with van der Waals surface area (Å²) in [6.45, 7) is 5.91. The largest absolute Gasteiger partial charge is 0.492 e. The maximum atomic E-state index is 12.4. The number of nitrogens with one attached hydrogen (secondary N) is 1. The van der Waals surface area contributed by atoms with Crippen molar-refractivity contribution >= 4 is 21.8 Å². The number of rotatable bonds is 5. The third-order valence-electron chi connectivity index (χ3n) is 4.72. The van der Waals surface area contributed by atoms with Gasteiger partial charge in [-0.3, -0.25) is 9.69 Å². The molecule has 2 aliphatic heterocycles. The Morgan fingerprint density at radius 3 is 2.80 bits per heavy atom. The molecule has 1 atom stereocenters. The molecule has 1 amide bonds. The van der Waals surface area contributed by atoms with Crippen LogP contribution in [0.3, 0.4) is 0 Å². The topological polar surface area (TPSA) is 60.0 Å². The van der Waals surface area contributed by atoms with Gasteiger partial charge in [0.15, 0.2) is 11.5 Å². The predicted octanol–water partition coefficient (Wildman–Crippen LogP) is 2.88. The Hall–Kier alpha value is -1.47. The molecular weight excluding hydrogens is 388 g/mol. The summed E-state index contributed by atoms with van der Waals surface area (Å²) in [5, 5.41) is 3.01. The summed E-state index contributed by atoms with van der Waals surface area (Å²) in [4.78, 5) is 14.6. The SMILES string of the molecule is COc1c2c(c(Br)c3c1C(CC(=O)NCC(C)C)N(C)CC3)OCO2. The highest BCUT2D eigenvalue weighted by Crippen LogP contribution is 2.54. The summed E-state index contributed by atoms with van der Waals surface area (Å²) >= 11 is 3.67. The van der Waals surface area contributed by atoms with E-state index in [2.05, 4.69) is 40.0 Å². The van der Waals surface area contributed by atoms with E-state index in [1.807, 2.05) is 7.05 Å². The third kappa shape index (κ3) is 3.44. The number of amides is 1. The zero-order valence-electron chi connectivity index (χ0n) is 15.1. The molecule has 0 bridgehead atoms. The average Bonchev–Trinajstić information content (AvgIpc) is 3.06. The van der Waals surface area contributed by atoms with Gasteiger partial charge < -0.3 is 19.5 Å². The second-order valence-corrected chi connectivity index (χ2v) is 7.75. The highest BCUT2D eigenvalue weighted by Gasteiger charge is 2.37. The molecular formula is C18H25BrN2O4. The molecule has 0 aliphatic carbocycles. The molecule has 0 saturated heterocycles. The third-order valence-corrected chi connectivity index (χ3v) is 5.56. The van der Waals surface area contributed by atoms with E-state index in [0.717, 1.165) is 28.6 Å². The van der Waals surface area contributed by atoms with Gasteiger partial charge in [-0.25, -0.2) is 0 Å². The Kier molecular flexibility index (Phi) is 5.43. The van der Waals surface area contributed by atoms with Crippen LogP contribution >= 0.6 is 15.9 Å². The molecule has 1 N–H and O–H groups in total. The van der Waals surface area contributed by atoms with E-state index in [9.17, 15) is 4.79 Å². The molecule has 25 heavy (non-hydrogen) atoms. The van der Waals surface area contributed by atoms with E-state index in [1.165, 1.54) is 0 Å². The molecule has 0 saturated carbocycles. The van der Waals surface area contributed by atoms with E-state index in [1.54, 1.807) is 7.11 Å². The van der Waals surface area contributed by atoms with Crippen LogP contribution in [0.4, 0.5) is 0 Å². The zero-order chi connectivity index (χ0) is 18.1. The Balaban J connectivity index is 1.97. The summed E-state index contributed by atoms with van der Waals surface area (Å²) in [7, 11) is 3.68. The van der Waals surface area contributed by atoms with Crippen LogP contribution in [0, 0.1) is 5.92 Å². The van der Waals surface area contributed by atoms with Crippen molar-refractivity contribution in [2.24, 2.45) is 5.92 Å². The fraction of sp³-hybridized carbons (Fsp3) is 0.611. The number of methoxy groups -OCH3 is 1. The molecule has 0 aromatic heterocycles. The lowest BCUT2D eigenvalue weighted by atomic mass is 9.89. The van der Waals surface area contributed by atoms with E-state index in [0.29, 0.717) is 36.1 Å². The molecule has 3 rings (SSSR count). The first-order valence-corrected chi connectivity index (χ1v) is 9.38. The number of hydrogen-bond donors (Lipinski definition) is 1. The highest BCUT2D eigenvalue weighted by atomic mass is 79.9. The van der Waals surface area contributed by atoms with Crippen molar-refractivity contribution in [1.82, 2.24) is 10.2 Å². The lowest BCUT2D eigenvalue weighted by molar-refractivity contribution is -0.122. The minimum Gasteiger partial charge on any atom is -0.492 e. The number of carbonyl (C=O) groups is 1. The monoisotopic (exact) mass is 412 g/mol. The van der Waals surface area contributed by atoms with Gasteiger partial charge in [-0.05, 0) is 40.9 Å². The molecule has 0 radical (unpaired) electrons. The predicted molar refractivity (Wildman–Crippen MR) is 98.4 cm³/mol. The van der Waals surface area contributed by atoms with Crippen LogP contribution in [0.15, 0.2) is 4.47 Å². The molecule has 2 aliphatic rings. The molecule has 1 aromatic rings. The van der Waals surface area contributed by atoms with E-state index in [-0.39, 0.29) is 18.7 Å². The smallest absolute Gasteiger partial charge is 0.231 e. The van der Waals surface area contributed by atoms with Gasteiger partial charge in [0.1, 0.15) is 0 Å². The lowest BCUT2D eigenvalue weighted by Crippen LogP contribution is -2.37. The summed E-state index contributed by atoms with van der Waals surface area (Å²) < 4.78 is 17.8. The lowest BCUT2D eigenvalue weighted by Gasteiger charge is -2.36. The standard InChI is InChI=1S/C18H25BrN2O4/c1-10(2)8-20-13(22)7-12-14-11(5-6-21(12)3)15(19)17-18(16(14)23-4)25-9-24-17/h10,12H,5-9H2,1-4H3,(H,20,22). The Bertz CT molecular complexity index is 678. The first-order valence-electron chi connectivity index (χ1n) is 8.58.